The highest BCUT2D eigenvalue weighted by Gasteiger charge is 2.30. The third-order valence-electron chi connectivity index (χ3n) is 2.61. The largest absolute Gasteiger partial charge is 0.389 e. The van der Waals surface area contributed by atoms with Crippen LogP contribution in [0.4, 0.5) is 13.2 Å². The van der Waals surface area contributed by atoms with E-state index in [1.54, 1.807) is 0 Å². The number of hydrogen-bond acceptors (Lipinski definition) is 2. The zero-order chi connectivity index (χ0) is 12.2. The summed E-state index contributed by atoms with van der Waals surface area (Å²) in [6.07, 6.45) is -2.74. The highest BCUT2D eigenvalue weighted by Crippen LogP contribution is 2.32. The maximum atomic E-state index is 11.8. The predicted octanol–water partition coefficient (Wildman–Crippen LogP) is 1.57. The topological polar surface area (TPSA) is 55.1 Å². The first-order valence-electron chi connectivity index (χ1n) is 5.47. The molecule has 0 heterocycles. The molecule has 1 rings (SSSR count). The summed E-state index contributed by atoms with van der Waals surface area (Å²) >= 11 is 0. The minimum absolute atomic E-state index is 0.0652. The molecule has 3 nitrogen and oxygen atoms in total. The van der Waals surface area contributed by atoms with Crippen molar-refractivity contribution in [2.45, 2.75) is 44.3 Å². The normalized spacial score (nSPS) is 18.2. The highest BCUT2D eigenvalue weighted by atomic mass is 19.4. The molecule has 94 valence electrons. The monoisotopic (exact) mass is 238 g/mol. The minimum Gasteiger partial charge on any atom is -0.356 e. The van der Waals surface area contributed by atoms with Gasteiger partial charge in [0.1, 0.15) is 0 Å². The first kappa shape index (κ1) is 13.3. The number of hydrogen-bond donors (Lipinski definition) is 2. The maximum Gasteiger partial charge on any atom is 0.389 e. The van der Waals surface area contributed by atoms with Gasteiger partial charge in [0.25, 0.3) is 0 Å². The third kappa shape index (κ3) is 5.95. The van der Waals surface area contributed by atoms with E-state index in [0.29, 0.717) is 5.92 Å². The van der Waals surface area contributed by atoms with Crippen molar-refractivity contribution in [3.8, 4) is 0 Å². The molecular weight excluding hydrogens is 221 g/mol. The van der Waals surface area contributed by atoms with Gasteiger partial charge in [-0.2, -0.15) is 13.2 Å². The van der Waals surface area contributed by atoms with Crippen molar-refractivity contribution in [2.75, 3.05) is 6.54 Å². The van der Waals surface area contributed by atoms with E-state index in [-0.39, 0.29) is 31.3 Å². The fourth-order valence-electron chi connectivity index (χ4n) is 1.49. The van der Waals surface area contributed by atoms with Gasteiger partial charge in [0, 0.05) is 25.4 Å². The van der Waals surface area contributed by atoms with Gasteiger partial charge in [-0.25, -0.2) is 0 Å². The smallest absolute Gasteiger partial charge is 0.356 e. The standard InChI is InChI=1S/C10H17F3N2O/c11-10(12,13)4-1-5-15-9(16)6-8(14)7-2-3-7/h7-8H,1-6,14H2,(H,15,16). The van der Waals surface area contributed by atoms with Gasteiger partial charge in [-0.05, 0) is 25.2 Å². The molecule has 1 saturated carbocycles. The molecule has 1 amide bonds. The van der Waals surface area contributed by atoms with Gasteiger partial charge >= 0.3 is 6.18 Å². The first-order chi connectivity index (χ1) is 7.38. The molecule has 0 bridgehead atoms. The Morgan fingerprint density at radius 1 is 1.44 bits per heavy atom. The molecule has 1 unspecified atom stereocenters. The van der Waals surface area contributed by atoms with E-state index in [1.807, 2.05) is 0 Å². The third-order valence-corrected chi connectivity index (χ3v) is 2.61. The van der Waals surface area contributed by atoms with E-state index in [2.05, 4.69) is 5.32 Å². The average Bonchev–Trinajstić information content (AvgIpc) is 2.93. The number of carbonyl (C=O) groups excluding carboxylic acids is 1. The van der Waals surface area contributed by atoms with Crippen LogP contribution in [0.2, 0.25) is 0 Å². The van der Waals surface area contributed by atoms with Crippen molar-refractivity contribution < 1.29 is 18.0 Å². The van der Waals surface area contributed by atoms with Crippen LogP contribution in [0, 0.1) is 5.92 Å². The molecule has 0 spiro atoms. The highest BCUT2D eigenvalue weighted by molar-refractivity contribution is 5.76. The Balaban J connectivity index is 2.01. The Labute approximate surface area is 92.6 Å². The van der Waals surface area contributed by atoms with Crippen molar-refractivity contribution in [1.82, 2.24) is 5.32 Å². The van der Waals surface area contributed by atoms with Crippen molar-refractivity contribution >= 4 is 5.91 Å². The second-order valence-corrected chi connectivity index (χ2v) is 4.27. The number of nitrogens with two attached hydrogens (primary N) is 1. The van der Waals surface area contributed by atoms with Gasteiger partial charge in [0.05, 0.1) is 0 Å². The molecule has 1 aliphatic rings. The molecule has 6 heteroatoms. The second kappa shape index (κ2) is 5.52. The zero-order valence-electron chi connectivity index (χ0n) is 9.02. The molecule has 0 saturated heterocycles. The van der Waals surface area contributed by atoms with Gasteiger partial charge in [0.15, 0.2) is 0 Å². The Bertz CT molecular complexity index is 239. The molecule has 1 atom stereocenters. The number of rotatable bonds is 6. The van der Waals surface area contributed by atoms with Crippen molar-refractivity contribution in [3.05, 3.63) is 0 Å². The molecule has 0 aromatic rings. The van der Waals surface area contributed by atoms with E-state index >= 15 is 0 Å². The fraction of sp³-hybridized carbons (Fsp3) is 0.900. The van der Waals surface area contributed by atoms with Crippen LogP contribution in [0.15, 0.2) is 0 Å². The SMILES string of the molecule is NC(CC(=O)NCCCC(F)(F)F)C1CC1. The summed E-state index contributed by atoms with van der Waals surface area (Å²) in [5, 5.41) is 2.45. The molecule has 0 aliphatic heterocycles. The lowest BCUT2D eigenvalue weighted by atomic mass is 10.1. The molecule has 0 radical (unpaired) electrons. The molecular formula is C10H17F3N2O. The van der Waals surface area contributed by atoms with Gasteiger partial charge < -0.3 is 11.1 Å². The van der Waals surface area contributed by atoms with E-state index in [1.165, 1.54) is 0 Å². The van der Waals surface area contributed by atoms with Crippen LogP contribution >= 0.6 is 0 Å². The van der Waals surface area contributed by atoms with E-state index in [9.17, 15) is 18.0 Å². The quantitative estimate of drug-likeness (QED) is 0.690. The van der Waals surface area contributed by atoms with E-state index in [0.717, 1.165) is 12.8 Å². The lowest BCUT2D eigenvalue weighted by Crippen LogP contribution is -2.33. The van der Waals surface area contributed by atoms with Crippen LogP contribution in [-0.4, -0.2) is 24.7 Å². The summed E-state index contributed by atoms with van der Waals surface area (Å²) < 4.78 is 35.3. The van der Waals surface area contributed by atoms with Gasteiger partial charge in [-0.3, -0.25) is 4.79 Å². The number of nitrogens with one attached hydrogen (secondary N) is 1. The van der Waals surface area contributed by atoms with Crippen LogP contribution in [0.1, 0.15) is 32.1 Å². The van der Waals surface area contributed by atoms with Gasteiger partial charge in [0.2, 0.25) is 5.91 Å². The summed E-state index contributed by atoms with van der Waals surface area (Å²) in [5.41, 5.74) is 5.71. The van der Waals surface area contributed by atoms with Gasteiger partial charge in [-0.1, -0.05) is 0 Å². The Morgan fingerprint density at radius 3 is 2.56 bits per heavy atom. The summed E-state index contributed by atoms with van der Waals surface area (Å²) in [6.45, 7) is 0.0652. The molecule has 1 aliphatic carbocycles. The van der Waals surface area contributed by atoms with Gasteiger partial charge in [-0.15, -0.1) is 0 Å². The van der Waals surface area contributed by atoms with Crippen molar-refractivity contribution in [2.24, 2.45) is 11.7 Å². The van der Waals surface area contributed by atoms with Crippen LogP contribution in [0.25, 0.3) is 0 Å². The molecule has 0 aromatic heterocycles. The Morgan fingerprint density at radius 2 is 2.06 bits per heavy atom. The summed E-state index contributed by atoms with van der Waals surface area (Å²) in [6, 6.07) is -0.136. The van der Waals surface area contributed by atoms with Crippen LogP contribution in [-0.2, 0) is 4.79 Å². The average molecular weight is 238 g/mol. The lowest BCUT2D eigenvalue weighted by molar-refractivity contribution is -0.136. The minimum atomic E-state index is -4.14. The fourth-order valence-corrected chi connectivity index (χ4v) is 1.49. The molecule has 0 aromatic carbocycles. The summed E-state index contributed by atoms with van der Waals surface area (Å²) in [4.78, 5) is 11.2. The van der Waals surface area contributed by atoms with Crippen molar-refractivity contribution in [3.63, 3.8) is 0 Å². The predicted molar refractivity (Wildman–Crippen MR) is 53.6 cm³/mol. The van der Waals surface area contributed by atoms with E-state index < -0.39 is 12.6 Å². The zero-order valence-corrected chi connectivity index (χ0v) is 9.02. The molecule has 16 heavy (non-hydrogen) atoms. The second-order valence-electron chi connectivity index (χ2n) is 4.27. The molecule has 1 fully saturated rings. The van der Waals surface area contributed by atoms with Crippen molar-refractivity contribution in [1.29, 1.82) is 0 Å². The van der Waals surface area contributed by atoms with E-state index in [4.69, 9.17) is 5.73 Å². The number of amides is 1. The Kier molecular flexibility index (Phi) is 4.58. The van der Waals surface area contributed by atoms with Crippen LogP contribution in [0.5, 0.6) is 0 Å². The Hall–Kier alpha value is -0.780. The van der Waals surface area contributed by atoms with Crippen LogP contribution < -0.4 is 11.1 Å². The maximum absolute atomic E-state index is 11.8. The number of carbonyl (C=O) groups is 1. The number of alkyl halides is 3. The summed E-state index contributed by atoms with van der Waals surface area (Å²) in [5.74, 6) is 0.183. The summed E-state index contributed by atoms with van der Waals surface area (Å²) in [7, 11) is 0. The molecule has 3 N–H and O–H groups in total. The van der Waals surface area contributed by atoms with Crippen LogP contribution in [0.3, 0.4) is 0 Å². The number of halogens is 3. The first-order valence-corrected chi connectivity index (χ1v) is 5.47. The lowest BCUT2D eigenvalue weighted by Gasteiger charge is -2.11.